The highest BCUT2D eigenvalue weighted by Gasteiger charge is 2.71. The third-order valence-corrected chi connectivity index (χ3v) is 12.9. The largest absolute Gasteiger partial charge is 0.389 e. The van der Waals surface area contributed by atoms with E-state index in [1.54, 1.807) is 25.7 Å². The minimum atomic E-state index is -3.55. The number of urea groups is 1. The summed E-state index contributed by atoms with van der Waals surface area (Å²) in [5, 5.41) is 22.9. The molecule has 0 aromatic carbocycles. The van der Waals surface area contributed by atoms with Crippen molar-refractivity contribution in [1.82, 2.24) is 26.2 Å². The number of Topliss-reactive ketones (excluding diaryl/α,β-unsaturated/α-hetero) is 1. The number of hydrogen-bond acceptors (Lipinski definition) is 8. The third kappa shape index (κ3) is 8.75. The molecule has 0 aromatic heterocycles. The number of carbonyl (C=O) groups is 4. The minimum Gasteiger partial charge on any atom is -0.389 e. The van der Waals surface area contributed by atoms with Gasteiger partial charge in [-0.3, -0.25) is 19.7 Å². The zero-order valence-corrected chi connectivity index (χ0v) is 30.4. The lowest BCUT2D eigenvalue weighted by Gasteiger charge is -2.41. The number of hydrogen-bond donors (Lipinski definition) is 5. The van der Waals surface area contributed by atoms with Crippen molar-refractivity contribution in [2.45, 2.75) is 153 Å². The van der Waals surface area contributed by atoms with Crippen molar-refractivity contribution < 1.29 is 32.7 Å². The number of carbonyl (C=O) groups excluding carboxylic acids is 4. The Kier molecular flexibility index (Phi) is 12.4. The van der Waals surface area contributed by atoms with Crippen LogP contribution in [0.25, 0.3) is 0 Å². The molecule has 12 nitrogen and oxygen atoms in total. The summed E-state index contributed by atoms with van der Waals surface area (Å²) in [6.45, 7) is 16.6. The second kappa shape index (κ2) is 14.9. The fourth-order valence-corrected chi connectivity index (χ4v) is 8.63. The molecule has 4 amide bonds. The third-order valence-electron chi connectivity index (χ3n) is 10.1. The molecule has 0 aromatic rings. The van der Waals surface area contributed by atoms with Gasteiger partial charge in [-0.1, -0.05) is 65.9 Å². The van der Waals surface area contributed by atoms with E-state index in [4.69, 9.17) is 0 Å². The van der Waals surface area contributed by atoms with Crippen molar-refractivity contribution in [3.05, 3.63) is 12.7 Å². The lowest BCUT2D eigenvalue weighted by atomic mass is 9.83. The van der Waals surface area contributed by atoms with Crippen LogP contribution in [0.5, 0.6) is 0 Å². The molecule has 1 aliphatic heterocycles. The summed E-state index contributed by atoms with van der Waals surface area (Å²) in [7, 11) is -3.55. The Morgan fingerprint density at radius 3 is 2.21 bits per heavy atom. The highest BCUT2D eigenvalue weighted by molar-refractivity contribution is 7.92. The number of ketones is 1. The second-order valence-electron chi connectivity index (χ2n) is 15.8. The Bertz CT molecular complexity index is 1280. The topological polar surface area (TPSA) is 174 Å². The predicted molar refractivity (Wildman–Crippen MR) is 182 cm³/mol. The van der Waals surface area contributed by atoms with Gasteiger partial charge < -0.3 is 26.0 Å². The van der Waals surface area contributed by atoms with Crippen LogP contribution in [0.3, 0.4) is 0 Å². The van der Waals surface area contributed by atoms with E-state index in [1.165, 1.54) is 6.08 Å². The van der Waals surface area contributed by atoms with Gasteiger partial charge in [-0.25, -0.2) is 13.2 Å². The normalized spacial score (nSPS) is 25.5. The van der Waals surface area contributed by atoms with Crippen LogP contribution in [-0.4, -0.2) is 101 Å². The Morgan fingerprint density at radius 2 is 1.66 bits per heavy atom. The molecule has 1 heterocycles. The molecule has 3 rings (SSSR count). The number of likely N-dealkylation sites (tertiary alicyclic amines) is 1. The second-order valence-corrected chi connectivity index (χ2v) is 18.6. The van der Waals surface area contributed by atoms with Gasteiger partial charge in [-0.15, -0.1) is 6.58 Å². The zero-order chi connectivity index (χ0) is 35.4. The Hall–Kier alpha value is -2.51. The number of unbranched alkanes of at least 4 members (excludes halogenated alkanes) is 1. The van der Waals surface area contributed by atoms with E-state index in [0.717, 1.165) is 25.7 Å². The fourth-order valence-electron chi connectivity index (χ4n) is 7.10. The summed E-state index contributed by atoms with van der Waals surface area (Å²) in [6.07, 6.45) is 7.19. The van der Waals surface area contributed by atoms with Crippen LogP contribution in [0.15, 0.2) is 12.7 Å². The smallest absolute Gasteiger partial charge is 0.315 e. The van der Waals surface area contributed by atoms with Crippen LogP contribution >= 0.6 is 0 Å². The number of nitrogens with zero attached hydrogens (tertiary/aromatic N) is 1. The Balaban J connectivity index is 1.81. The molecule has 2 saturated carbocycles. The molecular formula is C34H59N5O7S. The number of sulfone groups is 1. The first-order valence-corrected chi connectivity index (χ1v) is 18.9. The van der Waals surface area contributed by atoms with Gasteiger partial charge in [0, 0.05) is 13.1 Å². The zero-order valence-electron chi connectivity index (χ0n) is 29.5. The standard InChI is InChI=1S/C34H59N5O7S/c1-9-11-16-23(24(40)28(42)35-20-10-2)36-25-27(41)34(25)19-15-21-39(34)29(43)26(31(3,4)5)37-30(44)38-33(17-13-12-14-18-33)22-47(45,46)32(6,7)8/h10,23,25-27,36,41H,2,9,11-22H2,1,3-8H3,(H,35,42)(H2,37,38,44)/t23?,25?,26-,27?,34-/m1/s1. The highest BCUT2D eigenvalue weighted by Crippen LogP contribution is 2.51. The van der Waals surface area contributed by atoms with Crippen LogP contribution in [0.2, 0.25) is 0 Å². The van der Waals surface area contributed by atoms with Gasteiger partial charge in [0.25, 0.3) is 5.91 Å². The maximum absolute atomic E-state index is 14.3. The van der Waals surface area contributed by atoms with Crippen molar-refractivity contribution in [2.24, 2.45) is 5.41 Å². The molecule has 0 radical (unpaired) electrons. The molecule has 13 heteroatoms. The molecule has 2 aliphatic carbocycles. The van der Waals surface area contributed by atoms with E-state index >= 15 is 0 Å². The average Bonchev–Trinajstić information content (AvgIpc) is 3.29. The average molecular weight is 682 g/mol. The number of rotatable bonds is 14. The van der Waals surface area contributed by atoms with Crippen LogP contribution < -0.4 is 21.3 Å². The molecule has 1 spiro atoms. The van der Waals surface area contributed by atoms with Crippen molar-refractivity contribution in [1.29, 1.82) is 0 Å². The van der Waals surface area contributed by atoms with Gasteiger partial charge in [-0.05, 0) is 58.3 Å². The molecule has 5 N–H and O–H groups in total. The molecule has 47 heavy (non-hydrogen) atoms. The predicted octanol–water partition coefficient (Wildman–Crippen LogP) is 2.74. The van der Waals surface area contributed by atoms with E-state index in [1.807, 2.05) is 27.7 Å². The molecule has 0 bridgehead atoms. The molecule has 1 saturated heterocycles. The lowest BCUT2D eigenvalue weighted by Crippen LogP contribution is -2.63. The Morgan fingerprint density at radius 1 is 1.02 bits per heavy atom. The Labute approximate surface area is 281 Å². The van der Waals surface area contributed by atoms with Gasteiger partial charge in [0.1, 0.15) is 6.04 Å². The summed E-state index contributed by atoms with van der Waals surface area (Å²) < 4.78 is 25.5. The van der Waals surface area contributed by atoms with Crippen molar-refractivity contribution >= 4 is 33.5 Å². The van der Waals surface area contributed by atoms with Crippen LogP contribution in [0, 0.1) is 5.41 Å². The first kappa shape index (κ1) is 38.9. The summed E-state index contributed by atoms with van der Waals surface area (Å²) in [5.74, 6) is -1.88. The van der Waals surface area contributed by atoms with E-state index in [9.17, 15) is 32.7 Å². The summed E-state index contributed by atoms with van der Waals surface area (Å²) in [6, 6.07) is -3.02. The first-order valence-electron chi connectivity index (χ1n) is 17.3. The summed E-state index contributed by atoms with van der Waals surface area (Å²) in [4.78, 5) is 55.2. The van der Waals surface area contributed by atoms with E-state index < -0.39 is 73.0 Å². The van der Waals surface area contributed by atoms with Gasteiger partial charge in [-0.2, -0.15) is 0 Å². The molecule has 3 fully saturated rings. The van der Waals surface area contributed by atoms with E-state index in [2.05, 4.69) is 27.8 Å². The molecule has 268 valence electrons. The summed E-state index contributed by atoms with van der Waals surface area (Å²) in [5.41, 5.74) is -2.62. The van der Waals surface area contributed by atoms with Gasteiger partial charge in [0.2, 0.25) is 11.7 Å². The van der Waals surface area contributed by atoms with Crippen LogP contribution in [-0.2, 0) is 24.2 Å². The molecule has 3 aliphatic rings. The van der Waals surface area contributed by atoms with E-state index in [-0.39, 0.29) is 18.2 Å². The molecule has 3 unspecified atom stereocenters. The quantitative estimate of drug-likeness (QED) is 0.138. The molecular weight excluding hydrogens is 622 g/mol. The maximum atomic E-state index is 14.3. The van der Waals surface area contributed by atoms with Crippen molar-refractivity contribution in [2.75, 3.05) is 18.8 Å². The highest BCUT2D eigenvalue weighted by atomic mass is 32.2. The van der Waals surface area contributed by atoms with Gasteiger partial charge in [0.15, 0.2) is 9.84 Å². The SMILES string of the molecule is C=CCNC(=O)C(=O)C(CCCC)NC1C(O)[C@@]12CCCN2C(=O)[C@@H](NC(=O)NC1(CS(=O)(=O)C(C)(C)C)CCCCC1)C(C)(C)C. The monoisotopic (exact) mass is 681 g/mol. The first-order chi connectivity index (χ1) is 21.8. The summed E-state index contributed by atoms with van der Waals surface area (Å²) >= 11 is 0. The molecule has 5 atom stereocenters. The fraction of sp³-hybridized carbons (Fsp3) is 0.824. The van der Waals surface area contributed by atoms with Gasteiger partial charge in [0.05, 0.1) is 39.8 Å². The van der Waals surface area contributed by atoms with Crippen molar-refractivity contribution in [3.8, 4) is 0 Å². The minimum absolute atomic E-state index is 0.158. The number of aliphatic hydroxyl groups is 1. The number of amides is 4. The van der Waals surface area contributed by atoms with E-state index in [0.29, 0.717) is 45.1 Å². The van der Waals surface area contributed by atoms with Crippen LogP contribution in [0.4, 0.5) is 4.79 Å². The number of nitrogens with one attached hydrogen (secondary N) is 4. The van der Waals surface area contributed by atoms with Gasteiger partial charge >= 0.3 is 6.03 Å². The maximum Gasteiger partial charge on any atom is 0.315 e. The number of aliphatic hydroxyl groups excluding tert-OH is 1. The van der Waals surface area contributed by atoms with Crippen molar-refractivity contribution in [3.63, 3.8) is 0 Å². The van der Waals surface area contributed by atoms with Crippen LogP contribution in [0.1, 0.15) is 113 Å². The lowest BCUT2D eigenvalue weighted by molar-refractivity contribution is -0.139.